The minimum atomic E-state index is -0.203. The van der Waals surface area contributed by atoms with Crippen LogP contribution in [0.25, 0.3) is 0 Å². The largest absolute Gasteiger partial charge is 0.399 e. The highest BCUT2D eigenvalue weighted by Gasteiger charge is 2.30. The van der Waals surface area contributed by atoms with E-state index in [9.17, 15) is 4.79 Å². The lowest BCUT2D eigenvalue weighted by atomic mass is 10.1. The van der Waals surface area contributed by atoms with E-state index in [4.69, 9.17) is 10.5 Å². The summed E-state index contributed by atoms with van der Waals surface area (Å²) in [6.45, 7) is 6.03. The van der Waals surface area contributed by atoms with Crippen LogP contribution in [0, 0.1) is 6.92 Å². The van der Waals surface area contributed by atoms with Gasteiger partial charge in [-0.15, -0.1) is 0 Å². The van der Waals surface area contributed by atoms with Crippen LogP contribution < -0.4 is 10.6 Å². The molecule has 2 N–H and O–H groups in total. The monoisotopic (exact) mass is 289 g/mol. The molecule has 1 amide bonds. The molecule has 2 saturated heterocycles. The molecule has 1 atom stereocenters. The number of benzene rings is 1. The zero-order chi connectivity index (χ0) is 14.8. The van der Waals surface area contributed by atoms with Crippen LogP contribution in [0.3, 0.4) is 0 Å². The van der Waals surface area contributed by atoms with Crippen LogP contribution in [-0.2, 0) is 9.53 Å². The summed E-state index contributed by atoms with van der Waals surface area (Å²) in [5, 5.41) is 0. The highest BCUT2D eigenvalue weighted by atomic mass is 16.5. The molecule has 0 aromatic heterocycles. The molecule has 1 unspecified atom stereocenters. The predicted octanol–water partition coefficient (Wildman–Crippen LogP) is 1.40. The highest BCUT2D eigenvalue weighted by molar-refractivity contribution is 5.81. The summed E-state index contributed by atoms with van der Waals surface area (Å²) in [7, 11) is 0. The van der Waals surface area contributed by atoms with Gasteiger partial charge in [0.05, 0.1) is 0 Å². The molecule has 0 saturated carbocycles. The number of hydrogen-bond donors (Lipinski definition) is 1. The number of nitrogens with zero attached hydrogens (tertiary/aromatic N) is 2. The second-order valence-corrected chi connectivity index (χ2v) is 5.86. The van der Waals surface area contributed by atoms with Crippen molar-refractivity contribution >= 4 is 17.3 Å². The lowest BCUT2D eigenvalue weighted by Crippen LogP contribution is -2.51. The van der Waals surface area contributed by atoms with Gasteiger partial charge in [0.15, 0.2) is 0 Å². The van der Waals surface area contributed by atoms with Crippen molar-refractivity contribution in [3.8, 4) is 0 Å². The van der Waals surface area contributed by atoms with Crippen molar-refractivity contribution in [3.63, 3.8) is 0 Å². The van der Waals surface area contributed by atoms with Gasteiger partial charge in [-0.05, 0) is 37.5 Å². The summed E-state index contributed by atoms with van der Waals surface area (Å²) >= 11 is 0. The van der Waals surface area contributed by atoms with Gasteiger partial charge >= 0.3 is 0 Å². The molecule has 0 aliphatic carbocycles. The zero-order valence-corrected chi connectivity index (χ0v) is 12.5. The quantitative estimate of drug-likeness (QED) is 0.836. The minimum Gasteiger partial charge on any atom is -0.399 e. The summed E-state index contributed by atoms with van der Waals surface area (Å²) in [6.07, 6.45) is 1.66. The molecule has 2 aliphatic rings. The third kappa shape index (κ3) is 2.97. The Bertz CT molecular complexity index is 518. The smallest absolute Gasteiger partial charge is 0.251 e. The molecule has 2 fully saturated rings. The second kappa shape index (κ2) is 5.93. The number of anilines is 2. The highest BCUT2D eigenvalue weighted by Crippen LogP contribution is 2.24. The first-order valence-electron chi connectivity index (χ1n) is 7.66. The summed E-state index contributed by atoms with van der Waals surface area (Å²) < 4.78 is 5.49. The Morgan fingerprint density at radius 3 is 2.71 bits per heavy atom. The Morgan fingerprint density at radius 1 is 1.29 bits per heavy atom. The maximum absolute atomic E-state index is 12.3. The number of carbonyl (C=O) groups excluding carboxylic acids is 1. The molecule has 5 heteroatoms. The first kappa shape index (κ1) is 14.2. The Labute approximate surface area is 125 Å². The number of nitrogens with two attached hydrogens (primary N) is 1. The Hall–Kier alpha value is -1.75. The fourth-order valence-corrected chi connectivity index (χ4v) is 3.11. The molecule has 0 bridgehead atoms. The predicted molar refractivity (Wildman–Crippen MR) is 83.4 cm³/mol. The van der Waals surface area contributed by atoms with E-state index in [-0.39, 0.29) is 12.0 Å². The number of piperazine rings is 1. The number of amides is 1. The second-order valence-electron chi connectivity index (χ2n) is 5.86. The van der Waals surface area contributed by atoms with Crippen molar-refractivity contribution in [2.45, 2.75) is 25.9 Å². The van der Waals surface area contributed by atoms with Crippen LogP contribution in [0.4, 0.5) is 11.4 Å². The molecule has 0 spiro atoms. The van der Waals surface area contributed by atoms with E-state index in [2.05, 4.69) is 17.9 Å². The van der Waals surface area contributed by atoms with Crippen LogP contribution >= 0.6 is 0 Å². The van der Waals surface area contributed by atoms with E-state index in [0.717, 1.165) is 51.3 Å². The van der Waals surface area contributed by atoms with E-state index in [1.54, 1.807) is 0 Å². The van der Waals surface area contributed by atoms with Gasteiger partial charge in [-0.25, -0.2) is 0 Å². The Morgan fingerprint density at radius 2 is 2.05 bits per heavy atom. The first-order chi connectivity index (χ1) is 10.1. The van der Waals surface area contributed by atoms with Crippen molar-refractivity contribution in [1.29, 1.82) is 0 Å². The van der Waals surface area contributed by atoms with Gasteiger partial charge in [-0.2, -0.15) is 0 Å². The molecule has 0 radical (unpaired) electrons. The average molecular weight is 289 g/mol. The normalized spacial score (nSPS) is 22.6. The van der Waals surface area contributed by atoms with Crippen molar-refractivity contribution in [2.75, 3.05) is 43.4 Å². The van der Waals surface area contributed by atoms with Crippen molar-refractivity contribution in [3.05, 3.63) is 23.8 Å². The molecular formula is C16H23N3O2. The van der Waals surface area contributed by atoms with Crippen LogP contribution in [0.15, 0.2) is 18.2 Å². The first-order valence-corrected chi connectivity index (χ1v) is 7.66. The SMILES string of the molecule is Cc1ccc(N)cc1N1CCN(C(=O)C2CCCO2)CC1. The number of aryl methyl sites for hydroxylation is 1. The molecule has 3 rings (SSSR count). The molecule has 1 aromatic carbocycles. The van der Waals surface area contributed by atoms with E-state index in [0.29, 0.717) is 0 Å². The molecule has 21 heavy (non-hydrogen) atoms. The molecular weight excluding hydrogens is 266 g/mol. The van der Waals surface area contributed by atoms with E-state index in [1.807, 2.05) is 17.0 Å². The van der Waals surface area contributed by atoms with E-state index in [1.165, 1.54) is 11.3 Å². The van der Waals surface area contributed by atoms with Gasteiger partial charge in [0.25, 0.3) is 5.91 Å². The number of hydrogen-bond acceptors (Lipinski definition) is 4. The molecule has 2 aliphatic heterocycles. The van der Waals surface area contributed by atoms with Gasteiger partial charge in [0, 0.05) is 44.2 Å². The van der Waals surface area contributed by atoms with Crippen LogP contribution in [0.1, 0.15) is 18.4 Å². The maximum Gasteiger partial charge on any atom is 0.251 e. The summed E-state index contributed by atoms with van der Waals surface area (Å²) in [5.41, 5.74) is 9.08. The fourth-order valence-electron chi connectivity index (χ4n) is 3.11. The van der Waals surface area contributed by atoms with E-state index < -0.39 is 0 Å². The third-order valence-electron chi connectivity index (χ3n) is 4.37. The molecule has 2 heterocycles. The fraction of sp³-hybridized carbons (Fsp3) is 0.562. The number of rotatable bonds is 2. The minimum absolute atomic E-state index is 0.163. The Balaban J connectivity index is 1.62. The van der Waals surface area contributed by atoms with Crippen LogP contribution in [0.2, 0.25) is 0 Å². The maximum atomic E-state index is 12.3. The van der Waals surface area contributed by atoms with E-state index >= 15 is 0 Å². The van der Waals surface area contributed by atoms with Crippen molar-refractivity contribution in [2.24, 2.45) is 0 Å². The van der Waals surface area contributed by atoms with Gasteiger partial charge < -0.3 is 20.3 Å². The van der Waals surface area contributed by atoms with Crippen LogP contribution in [0.5, 0.6) is 0 Å². The average Bonchev–Trinajstić information content (AvgIpc) is 3.03. The topological polar surface area (TPSA) is 58.8 Å². The number of nitrogen functional groups attached to an aromatic ring is 1. The summed E-state index contributed by atoms with van der Waals surface area (Å²) in [6, 6.07) is 6.00. The zero-order valence-electron chi connectivity index (χ0n) is 12.5. The standard InChI is InChI=1S/C16H23N3O2/c1-12-4-5-13(17)11-14(12)18-6-8-19(9-7-18)16(20)15-3-2-10-21-15/h4-5,11,15H,2-3,6-10,17H2,1H3. The number of ether oxygens (including phenoxy) is 1. The third-order valence-corrected chi connectivity index (χ3v) is 4.37. The van der Waals surface area contributed by atoms with Crippen molar-refractivity contribution in [1.82, 2.24) is 4.90 Å². The van der Waals surface area contributed by atoms with Crippen molar-refractivity contribution < 1.29 is 9.53 Å². The summed E-state index contributed by atoms with van der Waals surface area (Å²) in [5.74, 6) is 0.163. The van der Waals surface area contributed by atoms with Gasteiger partial charge in [-0.1, -0.05) is 6.07 Å². The molecule has 114 valence electrons. The lowest BCUT2D eigenvalue weighted by molar-refractivity contribution is -0.141. The number of carbonyl (C=O) groups is 1. The molecule has 1 aromatic rings. The van der Waals surface area contributed by atoms with Gasteiger partial charge in [-0.3, -0.25) is 4.79 Å². The Kier molecular flexibility index (Phi) is 4.01. The molecule has 5 nitrogen and oxygen atoms in total. The van der Waals surface area contributed by atoms with Gasteiger partial charge in [0.2, 0.25) is 0 Å². The lowest BCUT2D eigenvalue weighted by Gasteiger charge is -2.37. The van der Waals surface area contributed by atoms with Crippen LogP contribution in [-0.4, -0.2) is 49.7 Å². The summed E-state index contributed by atoms with van der Waals surface area (Å²) in [4.78, 5) is 16.6. The van der Waals surface area contributed by atoms with Gasteiger partial charge in [0.1, 0.15) is 6.10 Å².